The highest BCUT2D eigenvalue weighted by molar-refractivity contribution is 6.32. The Balaban J connectivity index is 1.06. The molecule has 0 bridgehead atoms. The van der Waals surface area contributed by atoms with E-state index in [1.807, 2.05) is 24.3 Å². The predicted octanol–water partition coefficient (Wildman–Crippen LogP) is 7.82. The third-order valence-corrected chi connectivity index (χ3v) is 7.49. The Kier molecular flexibility index (Phi) is 6.29. The Morgan fingerprint density at radius 1 is 0.791 bits per heavy atom. The molecular formula is C33H18ClN3O6. The molecule has 0 spiro atoms. The molecule has 0 atom stereocenters. The molecule has 43 heavy (non-hydrogen) atoms. The van der Waals surface area contributed by atoms with E-state index in [-0.39, 0.29) is 33.3 Å². The molecule has 0 unspecified atom stereocenters. The molecule has 0 radical (unpaired) electrons. The number of hydrogen-bond acceptors (Lipinski definition) is 8. The Morgan fingerprint density at radius 2 is 1.44 bits per heavy atom. The number of esters is 1. The van der Waals surface area contributed by atoms with Crippen LogP contribution in [0.5, 0.6) is 11.5 Å². The lowest BCUT2D eigenvalue weighted by atomic mass is 10.0. The summed E-state index contributed by atoms with van der Waals surface area (Å²) in [7, 11) is 0. The number of ether oxygens (including phenoxy) is 2. The number of Topliss-reactive ketones (excluding diaryl/α,β-unsaturated/α-hetero) is 1. The van der Waals surface area contributed by atoms with Crippen LogP contribution in [-0.2, 0) is 4.74 Å². The number of ketones is 1. The summed E-state index contributed by atoms with van der Waals surface area (Å²) in [5.41, 5.74) is 5.00. The lowest BCUT2D eigenvalue weighted by Gasteiger charge is -2.09. The molecule has 1 aliphatic rings. The van der Waals surface area contributed by atoms with Crippen LogP contribution in [0.3, 0.4) is 0 Å². The van der Waals surface area contributed by atoms with Gasteiger partial charge in [-0.2, -0.15) is 0 Å². The summed E-state index contributed by atoms with van der Waals surface area (Å²) in [6.07, 6.45) is 0. The largest absolute Gasteiger partial charge is 0.454 e. The minimum Gasteiger partial charge on any atom is -0.454 e. The van der Waals surface area contributed by atoms with Crippen molar-refractivity contribution in [3.05, 3.63) is 123 Å². The van der Waals surface area contributed by atoms with Gasteiger partial charge in [-0.1, -0.05) is 54.1 Å². The summed E-state index contributed by atoms with van der Waals surface area (Å²) in [5.74, 6) is -0.969. The molecule has 1 aliphatic carbocycles. The van der Waals surface area contributed by atoms with E-state index in [1.165, 1.54) is 42.5 Å². The van der Waals surface area contributed by atoms with E-state index in [1.54, 1.807) is 18.2 Å². The van der Waals surface area contributed by atoms with Crippen molar-refractivity contribution in [2.45, 2.75) is 0 Å². The summed E-state index contributed by atoms with van der Waals surface area (Å²) in [5, 5.41) is 13.6. The van der Waals surface area contributed by atoms with Crippen LogP contribution in [0.4, 0.5) is 5.69 Å². The molecule has 1 heterocycles. The molecule has 0 saturated heterocycles. The van der Waals surface area contributed by atoms with Crippen LogP contribution < -0.4 is 4.74 Å². The molecule has 10 heteroatoms. The maximum Gasteiger partial charge on any atom is 0.338 e. The summed E-state index contributed by atoms with van der Waals surface area (Å²) >= 11 is 6.08. The van der Waals surface area contributed by atoms with E-state index in [0.717, 1.165) is 33.3 Å². The monoisotopic (exact) mass is 587 g/mol. The summed E-state index contributed by atoms with van der Waals surface area (Å²) < 4.78 is 10.9. The standard InChI is InChI=1S/C33H18ClN3O6/c34-24-8-3-9-27(37(40)41)32(24)43-21-13-10-18(11-14-21)28(38)17-42-33(39)20-12-15-25-26(16-20)36-31-23-7-2-5-19-4-1-6-22(29(19)23)30(31)35-25/h1-16H,17H2. The average molecular weight is 588 g/mol. The molecule has 9 nitrogen and oxygen atoms in total. The predicted molar refractivity (Wildman–Crippen MR) is 161 cm³/mol. The number of hydrogen-bond donors (Lipinski definition) is 0. The second-order valence-corrected chi connectivity index (χ2v) is 10.2. The molecule has 6 aromatic rings. The van der Waals surface area contributed by atoms with E-state index in [2.05, 4.69) is 12.1 Å². The van der Waals surface area contributed by atoms with Gasteiger partial charge in [0.25, 0.3) is 0 Å². The third kappa shape index (κ3) is 4.61. The van der Waals surface area contributed by atoms with Crippen molar-refractivity contribution in [2.24, 2.45) is 0 Å². The fourth-order valence-corrected chi connectivity index (χ4v) is 5.37. The van der Waals surface area contributed by atoms with Crippen molar-refractivity contribution >= 4 is 50.8 Å². The van der Waals surface area contributed by atoms with Gasteiger partial charge in [0.1, 0.15) is 5.75 Å². The number of nitro benzene ring substituents is 1. The molecular weight excluding hydrogens is 570 g/mol. The molecule has 0 saturated carbocycles. The van der Waals surface area contributed by atoms with Crippen LogP contribution in [0, 0.1) is 10.1 Å². The number of carbonyl (C=O) groups is 2. The topological polar surface area (TPSA) is 122 Å². The molecule has 0 fully saturated rings. The normalized spacial score (nSPS) is 11.4. The Morgan fingerprint density at radius 3 is 2.14 bits per heavy atom. The second-order valence-electron chi connectivity index (χ2n) is 9.80. The first kappa shape index (κ1) is 26.2. The number of aromatic nitrogens is 2. The lowest BCUT2D eigenvalue weighted by Crippen LogP contribution is -2.14. The Labute approximate surface area is 248 Å². The van der Waals surface area contributed by atoms with Gasteiger partial charge in [-0.15, -0.1) is 0 Å². The highest BCUT2D eigenvalue weighted by Crippen LogP contribution is 2.45. The lowest BCUT2D eigenvalue weighted by molar-refractivity contribution is -0.385. The fourth-order valence-electron chi connectivity index (χ4n) is 5.16. The fraction of sp³-hybridized carbons (Fsp3) is 0.0303. The molecule has 0 aliphatic heterocycles. The van der Waals surface area contributed by atoms with E-state index >= 15 is 0 Å². The van der Waals surface area contributed by atoms with Crippen molar-refractivity contribution in [3.8, 4) is 34.0 Å². The average Bonchev–Trinajstić information content (AvgIpc) is 3.33. The number of carbonyl (C=O) groups excluding carboxylic acids is 2. The molecule has 0 amide bonds. The van der Waals surface area contributed by atoms with Gasteiger partial charge in [-0.3, -0.25) is 14.9 Å². The van der Waals surface area contributed by atoms with Crippen LogP contribution in [0.15, 0.2) is 97.1 Å². The van der Waals surface area contributed by atoms with Gasteiger partial charge in [0.15, 0.2) is 12.4 Å². The number of para-hydroxylation sites is 1. The van der Waals surface area contributed by atoms with Crippen molar-refractivity contribution < 1.29 is 24.0 Å². The number of halogens is 1. The zero-order valence-electron chi connectivity index (χ0n) is 22.1. The number of rotatable bonds is 7. The maximum absolute atomic E-state index is 12.9. The minimum atomic E-state index is -0.672. The van der Waals surface area contributed by atoms with Crippen molar-refractivity contribution in [3.63, 3.8) is 0 Å². The van der Waals surface area contributed by atoms with Crippen LogP contribution in [0.2, 0.25) is 5.02 Å². The summed E-state index contributed by atoms with van der Waals surface area (Å²) in [6, 6.07) is 27.2. The van der Waals surface area contributed by atoms with E-state index in [4.69, 9.17) is 31.0 Å². The van der Waals surface area contributed by atoms with Crippen LogP contribution in [0.25, 0.3) is 44.3 Å². The minimum absolute atomic E-state index is 0.0767. The number of fused-ring (bicyclic) bond motifs is 4. The van der Waals surface area contributed by atoms with Gasteiger partial charge >= 0.3 is 11.7 Å². The van der Waals surface area contributed by atoms with Gasteiger partial charge in [0.05, 0.1) is 37.9 Å². The Hall–Kier alpha value is -5.67. The second kappa shape index (κ2) is 10.3. The van der Waals surface area contributed by atoms with Crippen molar-refractivity contribution in [1.29, 1.82) is 0 Å². The van der Waals surface area contributed by atoms with E-state index in [9.17, 15) is 19.7 Å². The van der Waals surface area contributed by atoms with Gasteiger partial charge in [-0.25, -0.2) is 14.8 Å². The smallest absolute Gasteiger partial charge is 0.338 e. The third-order valence-electron chi connectivity index (χ3n) is 7.19. The van der Waals surface area contributed by atoms with Gasteiger partial charge in [0, 0.05) is 28.1 Å². The quantitative estimate of drug-likeness (QED) is 0.0800. The highest BCUT2D eigenvalue weighted by Gasteiger charge is 2.25. The van der Waals surface area contributed by atoms with Crippen LogP contribution in [-0.4, -0.2) is 33.3 Å². The van der Waals surface area contributed by atoms with Crippen LogP contribution in [0.1, 0.15) is 20.7 Å². The molecule has 5 aromatic carbocycles. The maximum atomic E-state index is 12.9. The van der Waals surface area contributed by atoms with Gasteiger partial charge in [-0.05, 0) is 53.9 Å². The van der Waals surface area contributed by atoms with Gasteiger partial charge < -0.3 is 9.47 Å². The Bertz CT molecular complexity index is 2140. The molecule has 208 valence electrons. The number of nitro groups is 1. The van der Waals surface area contributed by atoms with E-state index < -0.39 is 23.3 Å². The first-order valence-corrected chi connectivity index (χ1v) is 13.5. The summed E-state index contributed by atoms with van der Waals surface area (Å²) in [4.78, 5) is 46.0. The van der Waals surface area contributed by atoms with E-state index in [0.29, 0.717) is 11.0 Å². The zero-order chi connectivity index (χ0) is 29.7. The highest BCUT2D eigenvalue weighted by atomic mass is 35.5. The van der Waals surface area contributed by atoms with Crippen molar-refractivity contribution in [2.75, 3.05) is 6.61 Å². The first-order valence-electron chi connectivity index (χ1n) is 13.1. The van der Waals surface area contributed by atoms with Crippen molar-refractivity contribution in [1.82, 2.24) is 9.97 Å². The number of nitrogens with zero attached hydrogens (tertiary/aromatic N) is 3. The molecule has 0 N–H and O–H groups in total. The molecule has 7 rings (SSSR count). The number of benzene rings is 5. The van der Waals surface area contributed by atoms with Crippen LogP contribution >= 0.6 is 11.6 Å². The first-order chi connectivity index (χ1) is 20.9. The van der Waals surface area contributed by atoms with Gasteiger partial charge in [0.2, 0.25) is 5.75 Å². The zero-order valence-corrected chi connectivity index (χ0v) is 22.9. The SMILES string of the molecule is O=C(COC(=O)c1ccc2nc3c(nc2c1)-c1cccc2cccc-3c12)c1ccc(Oc2c(Cl)cccc2[N+](=O)[O-])cc1. The molecule has 1 aromatic heterocycles. The summed E-state index contributed by atoms with van der Waals surface area (Å²) in [6.45, 7) is -0.486.